The van der Waals surface area contributed by atoms with Crippen molar-refractivity contribution >= 4 is 17.2 Å². The van der Waals surface area contributed by atoms with Crippen LogP contribution < -0.4 is 10.1 Å². The Kier molecular flexibility index (Phi) is 5.73. The van der Waals surface area contributed by atoms with Gasteiger partial charge in [0, 0.05) is 18.3 Å². The first kappa shape index (κ1) is 18.2. The molecule has 0 aliphatic carbocycles. The zero-order valence-electron chi connectivity index (χ0n) is 15.3. The summed E-state index contributed by atoms with van der Waals surface area (Å²) in [5.74, 6) is 0.760. The molecule has 0 aliphatic heterocycles. The van der Waals surface area contributed by atoms with Crippen LogP contribution in [0.3, 0.4) is 0 Å². The van der Waals surface area contributed by atoms with Gasteiger partial charge in [-0.15, -0.1) is 11.3 Å². The normalized spacial score (nSPS) is 10.7. The number of aryl methyl sites for hydroxylation is 3. The van der Waals surface area contributed by atoms with Crippen LogP contribution in [-0.4, -0.2) is 15.7 Å². The molecule has 0 aliphatic rings. The van der Waals surface area contributed by atoms with Crippen molar-refractivity contribution in [1.82, 2.24) is 15.1 Å². The highest BCUT2D eigenvalue weighted by Gasteiger charge is 2.10. The third kappa shape index (κ3) is 4.52. The highest BCUT2D eigenvalue weighted by molar-refractivity contribution is 7.12. The average Bonchev–Trinajstić information content (AvgIpc) is 3.30. The first-order valence-corrected chi connectivity index (χ1v) is 9.51. The smallest absolute Gasteiger partial charge is 0.261 e. The van der Waals surface area contributed by atoms with E-state index >= 15 is 0 Å². The summed E-state index contributed by atoms with van der Waals surface area (Å²) >= 11 is 1.43. The molecule has 0 saturated heterocycles. The number of amides is 1. The first-order chi connectivity index (χ1) is 12.5. The molecule has 0 saturated carbocycles. The minimum atomic E-state index is -0.0847. The molecule has 0 atom stereocenters. The zero-order valence-corrected chi connectivity index (χ0v) is 16.1. The van der Waals surface area contributed by atoms with Gasteiger partial charge >= 0.3 is 0 Å². The molecule has 0 spiro atoms. The van der Waals surface area contributed by atoms with E-state index in [1.165, 1.54) is 22.5 Å². The van der Waals surface area contributed by atoms with E-state index < -0.39 is 0 Å². The van der Waals surface area contributed by atoms with Gasteiger partial charge in [-0.3, -0.25) is 9.48 Å². The minimum absolute atomic E-state index is 0.0847. The van der Waals surface area contributed by atoms with Crippen LogP contribution in [0.4, 0.5) is 0 Å². The summed E-state index contributed by atoms with van der Waals surface area (Å²) in [7, 11) is 0. The maximum absolute atomic E-state index is 12.3. The van der Waals surface area contributed by atoms with Crippen LogP contribution in [0.5, 0.6) is 5.75 Å². The molecular weight excluding hydrogens is 346 g/mol. The van der Waals surface area contributed by atoms with Gasteiger partial charge in [-0.25, -0.2) is 0 Å². The number of nitrogens with zero attached hydrogens (tertiary/aromatic N) is 2. The first-order valence-electron chi connectivity index (χ1n) is 8.63. The number of carbonyl (C=O) groups is 1. The van der Waals surface area contributed by atoms with E-state index in [0.29, 0.717) is 18.0 Å². The van der Waals surface area contributed by atoms with Gasteiger partial charge in [-0.2, -0.15) is 5.10 Å². The topological polar surface area (TPSA) is 56.2 Å². The lowest BCUT2D eigenvalue weighted by molar-refractivity contribution is 0.0954. The number of thiophene rings is 1. The third-order valence-corrected chi connectivity index (χ3v) is 5.19. The van der Waals surface area contributed by atoms with Crippen LogP contribution in [-0.2, 0) is 19.7 Å². The fourth-order valence-corrected chi connectivity index (χ4v) is 3.29. The third-order valence-electron chi connectivity index (χ3n) is 4.21. The Bertz CT molecular complexity index is 898. The lowest BCUT2D eigenvalue weighted by Crippen LogP contribution is -2.22. The Morgan fingerprint density at radius 2 is 2.08 bits per heavy atom. The van der Waals surface area contributed by atoms with Crippen LogP contribution in [0, 0.1) is 13.8 Å². The molecule has 136 valence electrons. The van der Waals surface area contributed by atoms with Gasteiger partial charge in [0.1, 0.15) is 12.4 Å². The van der Waals surface area contributed by atoms with Crippen LogP contribution in [0.25, 0.3) is 0 Å². The summed E-state index contributed by atoms with van der Waals surface area (Å²) in [4.78, 5) is 13.0. The molecule has 0 bridgehead atoms. The van der Waals surface area contributed by atoms with Crippen molar-refractivity contribution in [3.8, 4) is 5.75 Å². The van der Waals surface area contributed by atoms with E-state index in [-0.39, 0.29) is 5.91 Å². The molecule has 3 aromatic rings. The van der Waals surface area contributed by atoms with Crippen molar-refractivity contribution in [1.29, 1.82) is 0 Å². The Morgan fingerprint density at radius 1 is 1.23 bits per heavy atom. The van der Waals surface area contributed by atoms with Gasteiger partial charge in [0.2, 0.25) is 0 Å². The summed E-state index contributed by atoms with van der Waals surface area (Å²) in [5.41, 5.74) is 4.30. The van der Waals surface area contributed by atoms with Crippen LogP contribution in [0.2, 0.25) is 0 Å². The Hall–Kier alpha value is -2.60. The number of carbonyl (C=O) groups excluding carboxylic acids is 1. The Morgan fingerprint density at radius 3 is 2.81 bits per heavy atom. The van der Waals surface area contributed by atoms with Gasteiger partial charge in [0.15, 0.2) is 0 Å². The van der Waals surface area contributed by atoms with Crippen molar-refractivity contribution in [3.63, 3.8) is 0 Å². The van der Waals surface area contributed by atoms with Crippen LogP contribution in [0.1, 0.15) is 39.0 Å². The highest BCUT2D eigenvalue weighted by Crippen LogP contribution is 2.20. The molecule has 1 amide bonds. The highest BCUT2D eigenvalue weighted by atomic mass is 32.1. The number of hydrogen-bond donors (Lipinski definition) is 1. The second kappa shape index (κ2) is 8.19. The van der Waals surface area contributed by atoms with E-state index in [1.54, 1.807) is 0 Å². The number of benzene rings is 1. The number of hydrogen-bond acceptors (Lipinski definition) is 4. The molecule has 0 fully saturated rings. The fraction of sp³-hybridized carbons (Fsp3) is 0.300. The fourth-order valence-electron chi connectivity index (χ4n) is 2.47. The van der Waals surface area contributed by atoms with Gasteiger partial charge in [0.05, 0.1) is 17.1 Å². The number of rotatable bonds is 7. The molecule has 1 aromatic carbocycles. The Labute approximate surface area is 157 Å². The molecular formula is C20H23N3O2S. The average molecular weight is 369 g/mol. The summed E-state index contributed by atoms with van der Waals surface area (Å²) in [6.45, 7) is 7.88. The number of aromatic nitrogens is 2. The quantitative estimate of drug-likeness (QED) is 0.682. The second-order valence-electron chi connectivity index (χ2n) is 6.20. The molecule has 0 radical (unpaired) electrons. The molecule has 6 heteroatoms. The molecule has 1 N–H and O–H groups in total. The number of nitrogens with one attached hydrogen (secondary N) is 1. The maximum Gasteiger partial charge on any atom is 0.261 e. The van der Waals surface area contributed by atoms with Gasteiger partial charge in [-0.1, -0.05) is 6.07 Å². The summed E-state index contributed by atoms with van der Waals surface area (Å²) < 4.78 is 7.67. The van der Waals surface area contributed by atoms with Gasteiger partial charge in [0.25, 0.3) is 5.91 Å². The minimum Gasteiger partial charge on any atom is -0.489 e. The van der Waals surface area contributed by atoms with Crippen molar-refractivity contribution in [2.75, 3.05) is 0 Å². The zero-order chi connectivity index (χ0) is 18.5. The van der Waals surface area contributed by atoms with Crippen molar-refractivity contribution in [2.24, 2.45) is 0 Å². The van der Waals surface area contributed by atoms with Crippen LogP contribution in [0.15, 0.2) is 41.9 Å². The lowest BCUT2D eigenvalue weighted by Gasteiger charge is -2.07. The summed E-state index contributed by atoms with van der Waals surface area (Å²) in [6, 6.07) is 9.85. The molecule has 5 nitrogen and oxygen atoms in total. The summed E-state index contributed by atoms with van der Waals surface area (Å²) in [6.07, 6.45) is 1.91. The lowest BCUT2D eigenvalue weighted by atomic mass is 10.1. The van der Waals surface area contributed by atoms with Gasteiger partial charge in [-0.05, 0) is 61.5 Å². The molecule has 3 rings (SSSR count). The van der Waals surface area contributed by atoms with Crippen molar-refractivity contribution in [3.05, 3.63) is 69.2 Å². The van der Waals surface area contributed by atoms with E-state index in [2.05, 4.69) is 30.3 Å². The molecule has 2 aromatic heterocycles. The summed E-state index contributed by atoms with van der Waals surface area (Å²) in [5, 5.41) is 9.23. The molecule has 2 heterocycles. The molecule has 0 unspecified atom stereocenters. The standard InChI is InChI=1S/C20H23N3O2S/c1-4-23-8-7-17(22-23)11-21-20(24)19-10-16(13-26-19)12-25-18-6-5-14(2)15(3)9-18/h5-10,13H,4,11-12H2,1-3H3,(H,21,24). The van der Waals surface area contributed by atoms with E-state index in [0.717, 1.165) is 23.6 Å². The van der Waals surface area contributed by atoms with Crippen molar-refractivity contribution < 1.29 is 9.53 Å². The van der Waals surface area contributed by atoms with E-state index in [1.807, 2.05) is 47.4 Å². The molecule has 26 heavy (non-hydrogen) atoms. The predicted molar refractivity (Wildman–Crippen MR) is 104 cm³/mol. The SMILES string of the molecule is CCn1ccc(CNC(=O)c2cc(COc3ccc(C)c(C)c3)cs2)n1. The predicted octanol–water partition coefficient (Wildman–Crippen LogP) is 4.09. The maximum atomic E-state index is 12.3. The number of ether oxygens (including phenoxy) is 1. The van der Waals surface area contributed by atoms with Gasteiger partial charge < -0.3 is 10.1 Å². The Balaban J connectivity index is 1.53. The monoisotopic (exact) mass is 369 g/mol. The van der Waals surface area contributed by atoms with E-state index in [4.69, 9.17) is 4.74 Å². The van der Waals surface area contributed by atoms with Crippen LogP contribution >= 0.6 is 11.3 Å². The second-order valence-corrected chi connectivity index (χ2v) is 7.11. The van der Waals surface area contributed by atoms with E-state index in [9.17, 15) is 4.79 Å². The van der Waals surface area contributed by atoms with Crippen molar-refractivity contribution in [2.45, 2.75) is 40.5 Å². The largest absolute Gasteiger partial charge is 0.489 e.